The van der Waals surface area contributed by atoms with Gasteiger partial charge in [0, 0.05) is 18.0 Å². The van der Waals surface area contributed by atoms with Crippen molar-refractivity contribution in [1.29, 1.82) is 5.26 Å². The fourth-order valence-electron chi connectivity index (χ4n) is 1.14. The predicted octanol–water partition coefficient (Wildman–Crippen LogP) is 1.72. The molecule has 0 radical (unpaired) electrons. The molecule has 0 spiro atoms. The molecule has 0 amide bonds. The maximum Gasteiger partial charge on any atom is 0.323 e. The molecule has 78 valence electrons. The molecular formula is C11H8N4O. The Hall–Kier alpha value is -2.61. The van der Waals surface area contributed by atoms with Gasteiger partial charge in [0.15, 0.2) is 0 Å². The van der Waals surface area contributed by atoms with Crippen LogP contribution in [0.25, 0.3) is 0 Å². The number of hydrogen-bond donors (Lipinski definition) is 1. The molecule has 0 unspecified atom stereocenters. The van der Waals surface area contributed by atoms with E-state index in [2.05, 4.69) is 9.97 Å². The molecule has 1 heterocycles. The van der Waals surface area contributed by atoms with Crippen molar-refractivity contribution in [3.63, 3.8) is 0 Å². The average molecular weight is 212 g/mol. The van der Waals surface area contributed by atoms with E-state index in [0.29, 0.717) is 11.4 Å². The number of nitrogen functional groups attached to an aromatic ring is 1. The van der Waals surface area contributed by atoms with Gasteiger partial charge in [0.1, 0.15) is 17.5 Å². The fraction of sp³-hybridized carbons (Fsp3) is 0. The van der Waals surface area contributed by atoms with Crippen LogP contribution in [0.15, 0.2) is 36.5 Å². The van der Waals surface area contributed by atoms with Crippen LogP contribution >= 0.6 is 0 Å². The number of nitriles is 1. The minimum Gasteiger partial charge on any atom is -0.424 e. The molecule has 0 fully saturated rings. The minimum atomic E-state index is 0.129. The number of benzene rings is 1. The van der Waals surface area contributed by atoms with Gasteiger partial charge in [-0.15, -0.1) is 0 Å². The molecule has 0 bridgehead atoms. The molecule has 5 heteroatoms. The second-order valence-corrected chi connectivity index (χ2v) is 3.01. The normalized spacial score (nSPS) is 9.44. The van der Waals surface area contributed by atoms with Gasteiger partial charge in [0.2, 0.25) is 0 Å². The van der Waals surface area contributed by atoms with Crippen LogP contribution in [0.4, 0.5) is 5.69 Å². The lowest BCUT2D eigenvalue weighted by Gasteiger charge is -2.03. The molecule has 1 aromatic heterocycles. The third-order valence-electron chi connectivity index (χ3n) is 1.82. The fourth-order valence-corrected chi connectivity index (χ4v) is 1.14. The standard InChI is InChI=1S/C11H8N4O/c12-7-9-4-5-14-11(15-9)16-10-3-1-2-8(13)6-10/h1-6H,13H2. The van der Waals surface area contributed by atoms with Crippen molar-refractivity contribution in [1.82, 2.24) is 9.97 Å². The number of hydrogen-bond acceptors (Lipinski definition) is 5. The highest BCUT2D eigenvalue weighted by molar-refractivity contribution is 5.44. The quantitative estimate of drug-likeness (QED) is 0.766. The summed E-state index contributed by atoms with van der Waals surface area (Å²) in [6, 6.07) is 10.4. The summed E-state index contributed by atoms with van der Waals surface area (Å²) in [5.74, 6) is 0.537. The number of nitrogens with two attached hydrogens (primary N) is 1. The van der Waals surface area contributed by atoms with Crippen LogP contribution in [-0.2, 0) is 0 Å². The average Bonchev–Trinajstić information content (AvgIpc) is 2.29. The maximum atomic E-state index is 8.66. The van der Waals surface area contributed by atoms with Gasteiger partial charge in [0.25, 0.3) is 0 Å². The molecular weight excluding hydrogens is 204 g/mol. The van der Waals surface area contributed by atoms with Gasteiger partial charge in [0.05, 0.1) is 0 Å². The predicted molar refractivity (Wildman–Crippen MR) is 57.7 cm³/mol. The molecule has 0 saturated carbocycles. The number of ether oxygens (including phenoxy) is 1. The minimum absolute atomic E-state index is 0.129. The first kappa shape index (κ1) is 9.93. The van der Waals surface area contributed by atoms with Gasteiger partial charge in [-0.25, -0.2) is 4.98 Å². The van der Waals surface area contributed by atoms with Crippen molar-refractivity contribution in [2.24, 2.45) is 0 Å². The highest BCUT2D eigenvalue weighted by Crippen LogP contribution is 2.19. The molecule has 2 N–H and O–H groups in total. The van der Waals surface area contributed by atoms with Crippen LogP contribution in [0.1, 0.15) is 5.69 Å². The highest BCUT2D eigenvalue weighted by Gasteiger charge is 2.01. The van der Waals surface area contributed by atoms with Gasteiger partial charge in [-0.2, -0.15) is 10.2 Å². The van der Waals surface area contributed by atoms with Crippen molar-refractivity contribution < 1.29 is 4.74 Å². The second kappa shape index (κ2) is 4.28. The summed E-state index contributed by atoms with van der Waals surface area (Å²) in [7, 11) is 0. The van der Waals surface area contributed by atoms with Crippen LogP contribution in [0, 0.1) is 11.3 Å². The van der Waals surface area contributed by atoms with E-state index in [1.54, 1.807) is 24.3 Å². The third-order valence-corrected chi connectivity index (χ3v) is 1.82. The van der Waals surface area contributed by atoms with E-state index in [1.165, 1.54) is 12.3 Å². The van der Waals surface area contributed by atoms with Gasteiger partial charge < -0.3 is 10.5 Å². The Labute approximate surface area is 92.1 Å². The zero-order valence-corrected chi connectivity index (χ0v) is 8.29. The molecule has 0 atom stereocenters. The molecule has 0 saturated heterocycles. The van der Waals surface area contributed by atoms with Crippen LogP contribution in [0.3, 0.4) is 0 Å². The van der Waals surface area contributed by atoms with E-state index in [-0.39, 0.29) is 11.7 Å². The van der Waals surface area contributed by atoms with Crippen LogP contribution < -0.4 is 10.5 Å². The topological polar surface area (TPSA) is 84.8 Å². The number of rotatable bonds is 2. The summed E-state index contributed by atoms with van der Waals surface area (Å²) in [6.07, 6.45) is 1.47. The molecule has 0 aliphatic heterocycles. The highest BCUT2D eigenvalue weighted by atomic mass is 16.5. The van der Waals surface area contributed by atoms with E-state index < -0.39 is 0 Å². The molecule has 0 aliphatic rings. The largest absolute Gasteiger partial charge is 0.424 e. The monoisotopic (exact) mass is 212 g/mol. The Kier molecular flexibility index (Phi) is 2.65. The molecule has 5 nitrogen and oxygen atoms in total. The van der Waals surface area contributed by atoms with E-state index in [4.69, 9.17) is 15.7 Å². The van der Waals surface area contributed by atoms with E-state index in [9.17, 15) is 0 Å². The Morgan fingerprint density at radius 1 is 1.31 bits per heavy atom. The lowest BCUT2D eigenvalue weighted by molar-refractivity contribution is 0.441. The molecule has 0 aliphatic carbocycles. The zero-order valence-electron chi connectivity index (χ0n) is 8.29. The molecule has 1 aromatic carbocycles. The summed E-state index contributed by atoms with van der Waals surface area (Å²) < 4.78 is 5.35. The first-order valence-electron chi connectivity index (χ1n) is 4.54. The summed E-state index contributed by atoms with van der Waals surface area (Å²) >= 11 is 0. The SMILES string of the molecule is N#Cc1ccnc(Oc2cccc(N)c2)n1. The molecule has 16 heavy (non-hydrogen) atoms. The third kappa shape index (κ3) is 2.25. The van der Waals surface area contributed by atoms with Crippen molar-refractivity contribution in [2.75, 3.05) is 5.73 Å². The first-order valence-corrected chi connectivity index (χ1v) is 4.54. The number of aromatic nitrogens is 2. The Morgan fingerprint density at radius 3 is 2.94 bits per heavy atom. The smallest absolute Gasteiger partial charge is 0.323 e. The summed E-state index contributed by atoms with van der Waals surface area (Å²) in [5.41, 5.74) is 6.45. The Morgan fingerprint density at radius 2 is 2.19 bits per heavy atom. The maximum absolute atomic E-state index is 8.66. The van der Waals surface area contributed by atoms with Crippen molar-refractivity contribution in [3.05, 3.63) is 42.2 Å². The molecule has 2 rings (SSSR count). The lowest BCUT2D eigenvalue weighted by Crippen LogP contribution is -1.94. The summed E-state index contributed by atoms with van der Waals surface area (Å²) in [6.45, 7) is 0. The number of nitrogens with zero attached hydrogens (tertiary/aromatic N) is 3. The summed E-state index contributed by atoms with van der Waals surface area (Å²) in [5, 5.41) is 8.66. The van der Waals surface area contributed by atoms with Gasteiger partial charge >= 0.3 is 6.01 Å². The van der Waals surface area contributed by atoms with Crippen LogP contribution in [0.5, 0.6) is 11.8 Å². The number of anilines is 1. The Balaban J connectivity index is 2.24. The van der Waals surface area contributed by atoms with E-state index in [1.807, 2.05) is 6.07 Å². The van der Waals surface area contributed by atoms with E-state index >= 15 is 0 Å². The van der Waals surface area contributed by atoms with Gasteiger partial charge in [-0.1, -0.05) is 6.07 Å². The first-order chi connectivity index (χ1) is 7.78. The van der Waals surface area contributed by atoms with E-state index in [0.717, 1.165) is 0 Å². The lowest BCUT2D eigenvalue weighted by atomic mass is 10.3. The zero-order chi connectivity index (χ0) is 11.4. The van der Waals surface area contributed by atoms with Gasteiger partial charge in [-0.3, -0.25) is 0 Å². The van der Waals surface area contributed by atoms with Crippen molar-refractivity contribution >= 4 is 5.69 Å². The van der Waals surface area contributed by atoms with Crippen LogP contribution in [0.2, 0.25) is 0 Å². The molecule has 2 aromatic rings. The van der Waals surface area contributed by atoms with Crippen LogP contribution in [-0.4, -0.2) is 9.97 Å². The second-order valence-electron chi connectivity index (χ2n) is 3.01. The van der Waals surface area contributed by atoms with Crippen molar-refractivity contribution in [3.8, 4) is 17.8 Å². The Bertz CT molecular complexity index is 548. The summed E-state index contributed by atoms with van der Waals surface area (Å²) in [4.78, 5) is 7.77. The van der Waals surface area contributed by atoms with Gasteiger partial charge in [-0.05, 0) is 18.2 Å². The van der Waals surface area contributed by atoms with Crippen molar-refractivity contribution in [2.45, 2.75) is 0 Å².